The average molecular weight is 363 g/mol. The number of piperidine rings is 1. The van der Waals surface area contributed by atoms with Gasteiger partial charge in [0.2, 0.25) is 5.91 Å². The summed E-state index contributed by atoms with van der Waals surface area (Å²) in [5, 5.41) is 3.03. The molecule has 140 valence electrons. The molecule has 4 rings (SSSR count). The van der Waals surface area contributed by atoms with Crippen LogP contribution in [0.4, 0.5) is 0 Å². The topological polar surface area (TPSA) is 58.4 Å². The van der Waals surface area contributed by atoms with Crippen molar-refractivity contribution in [3.8, 4) is 0 Å². The monoisotopic (exact) mass is 363 g/mol. The maximum atomic E-state index is 12.2. The lowest BCUT2D eigenvalue weighted by molar-refractivity contribution is -0.122. The highest BCUT2D eigenvalue weighted by molar-refractivity contribution is 5.78. The van der Waals surface area contributed by atoms with Crippen molar-refractivity contribution in [1.29, 1.82) is 0 Å². The smallest absolute Gasteiger partial charge is 0.234 e. The van der Waals surface area contributed by atoms with Crippen LogP contribution >= 0.6 is 0 Å². The Morgan fingerprint density at radius 2 is 1.81 bits per heavy atom. The van der Waals surface area contributed by atoms with E-state index < -0.39 is 0 Å². The number of aromatic nitrogens is 1. The van der Waals surface area contributed by atoms with E-state index in [-0.39, 0.29) is 5.91 Å². The Hall–Kier alpha value is -2.66. The highest BCUT2D eigenvalue weighted by Crippen LogP contribution is 2.29. The standard InChI is InChI=1S/C22H25N3O2/c26-21(23-13-10-17-6-2-1-3-7-17)16-25-14-11-18(12-15-25)22-24-19-8-4-5-9-20(19)27-22/h1-9,18H,10-16H2,(H,23,26). The second kappa shape index (κ2) is 8.35. The molecule has 0 radical (unpaired) electrons. The molecule has 1 aromatic heterocycles. The Morgan fingerprint density at radius 3 is 2.59 bits per heavy atom. The summed E-state index contributed by atoms with van der Waals surface area (Å²) in [5.41, 5.74) is 3.03. The normalized spacial score (nSPS) is 15.9. The van der Waals surface area contributed by atoms with Crippen molar-refractivity contribution in [3.63, 3.8) is 0 Å². The van der Waals surface area contributed by atoms with Gasteiger partial charge in [-0.1, -0.05) is 42.5 Å². The van der Waals surface area contributed by atoms with Crippen LogP contribution in [0, 0.1) is 0 Å². The first kappa shape index (κ1) is 17.7. The van der Waals surface area contributed by atoms with Crippen LogP contribution in [0.15, 0.2) is 59.0 Å². The Kier molecular flexibility index (Phi) is 5.49. The molecule has 0 spiro atoms. The number of carbonyl (C=O) groups excluding carboxylic acids is 1. The van der Waals surface area contributed by atoms with Crippen molar-refractivity contribution < 1.29 is 9.21 Å². The van der Waals surface area contributed by atoms with E-state index in [4.69, 9.17) is 4.42 Å². The van der Waals surface area contributed by atoms with E-state index >= 15 is 0 Å². The van der Waals surface area contributed by atoms with E-state index in [1.54, 1.807) is 0 Å². The summed E-state index contributed by atoms with van der Waals surface area (Å²) < 4.78 is 5.91. The lowest BCUT2D eigenvalue weighted by Crippen LogP contribution is -2.41. The van der Waals surface area contributed by atoms with Crippen molar-refractivity contribution in [1.82, 2.24) is 15.2 Å². The average Bonchev–Trinajstić information content (AvgIpc) is 3.13. The number of para-hydroxylation sites is 2. The van der Waals surface area contributed by atoms with Crippen LogP contribution in [0.3, 0.4) is 0 Å². The molecule has 1 aliphatic rings. The van der Waals surface area contributed by atoms with Crippen LogP contribution in [-0.2, 0) is 11.2 Å². The molecule has 5 nitrogen and oxygen atoms in total. The highest BCUT2D eigenvalue weighted by atomic mass is 16.3. The Labute approximate surface area is 159 Å². The molecule has 1 N–H and O–H groups in total. The zero-order valence-electron chi connectivity index (χ0n) is 15.4. The molecule has 1 saturated heterocycles. The predicted octanol–water partition coefficient (Wildman–Crippen LogP) is 3.37. The zero-order valence-corrected chi connectivity index (χ0v) is 15.4. The third-order valence-corrected chi connectivity index (χ3v) is 5.19. The van der Waals surface area contributed by atoms with Gasteiger partial charge in [-0.25, -0.2) is 4.98 Å². The minimum atomic E-state index is 0.103. The van der Waals surface area contributed by atoms with Gasteiger partial charge in [-0.3, -0.25) is 9.69 Å². The number of rotatable bonds is 6. The molecular formula is C22H25N3O2. The fraction of sp³-hybridized carbons (Fsp3) is 0.364. The Morgan fingerprint density at radius 1 is 1.07 bits per heavy atom. The number of likely N-dealkylation sites (tertiary alicyclic amines) is 1. The number of nitrogens with one attached hydrogen (secondary N) is 1. The van der Waals surface area contributed by atoms with Crippen LogP contribution in [-0.4, -0.2) is 42.0 Å². The van der Waals surface area contributed by atoms with Crippen LogP contribution in [0.5, 0.6) is 0 Å². The maximum absolute atomic E-state index is 12.2. The van der Waals surface area contributed by atoms with E-state index in [1.807, 2.05) is 42.5 Å². The lowest BCUT2D eigenvalue weighted by atomic mass is 9.97. The summed E-state index contributed by atoms with van der Waals surface area (Å²) in [6, 6.07) is 18.1. The Bertz CT molecular complexity index is 850. The minimum Gasteiger partial charge on any atom is -0.440 e. The molecule has 0 bridgehead atoms. The van der Waals surface area contributed by atoms with Crippen molar-refractivity contribution in [2.24, 2.45) is 0 Å². The number of benzene rings is 2. The summed E-state index contributed by atoms with van der Waals surface area (Å²) in [6.07, 6.45) is 2.82. The van der Waals surface area contributed by atoms with Crippen LogP contribution in [0.2, 0.25) is 0 Å². The number of amides is 1. The fourth-order valence-corrected chi connectivity index (χ4v) is 3.65. The molecule has 0 atom stereocenters. The SMILES string of the molecule is O=C(CN1CCC(c2nc3ccccc3o2)CC1)NCCc1ccccc1. The first-order valence-electron chi connectivity index (χ1n) is 9.66. The lowest BCUT2D eigenvalue weighted by Gasteiger charge is -2.29. The largest absolute Gasteiger partial charge is 0.440 e. The Balaban J connectivity index is 1.21. The summed E-state index contributed by atoms with van der Waals surface area (Å²) in [5.74, 6) is 1.28. The van der Waals surface area contributed by atoms with Gasteiger partial charge >= 0.3 is 0 Å². The zero-order chi connectivity index (χ0) is 18.5. The molecule has 27 heavy (non-hydrogen) atoms. The number of nitrogens with zero attached hydrogens (tertiary/aromatic N) is 2. The number of carbonyl (C=O) groups is 1. The third-order valence-electron chi connectivity index (χ3n) is 5.19. The van der Waals surface area contributed by atoms with Crippen molar-refractivity contribution in [2.45, 2.75) is 25.2 Å². The molecule has 5 heteroatoms. The van der Waals surface area contributed by atoms with E-state index in [0.29, 0.717) is 19.0 Å². The third kappa shape index (κ3) is 4.55. The fourth-order valence-electron chi connectivity index (χ4n) is 3.65. The molecule has 1 amide bonds. The quantitative estimate of drug-likeness (QED) is 0.729. The van der Waals surface area contributed by atoms with Crippen molar-refractivity contribution in [3.05, 3.63) is 66.1 Å². The minimum absolute atomic E-state index is 0.103. The molecular weight excluding hydrogens is 338 g/mol. The summed E-state index contributed by atoms with van der Waals surface area (Å²) in [4.78, 5) is 19.0. The molecule has 1 fully saturated rings. The van der Waals surface area contributed by atoms with E-state index in [0.717, 1.165) is 49.3 Å². The second-order valence-electron chi connectivity index (χ2n) is 7.16. The van der Waals surface area contributed by atoms with E-state index in [1.165, 1.54) is 5.56 Å². The molecule has 0 aliphatic carbocycles. The molecule has 2 aromatic carbocycles. The van der Waals surface area contributed by atoms with Crippen LogP contribution in [0.25, 0.3) is 11.1 Å². The first-order chi connectivity index (χ1) is 13.3. The number of fused-ring (bicyclic) bond motifs is 1. The van der Waals surface area contributed by atoms with Crippen LogP contribution < -0.4 is 5.32 Å². The number of oxazole rings is 1. The van der Waals surface area contributed by atoms with Gasteiger partial charge in [0.05, 0.1) is 6.54 Å². The predicted molar refractivity (Wildman–Crippen MR) is 106 cm³/mol. The van der Waals surface area contributed by atoms with Gasteiger partial charge in [0.25, 0.3) is 0 Å². The highest BCUT2D eigenvalue weighted by Gasteiger charge is 2.25. The summed E-state index contributed by atoms with van der Waals surface area (Å²) >= 11 is 0. The van der Waals surface area contributed by atoms with Crippen LogP contribution in [0.1, 0.15) is 30.2 Å². The van der Waals surface area contributed by atoms with Gasteiger partial charge in [-0.2, -0.15) is 0 Å². The van der Waals surface area contributed by atoms with Gasteiger partial charge in [-0.15, -0.1) is 0 Å². The maximum Gasteiger partial charge on any atom is 0.234 e. The van der Waals surface area contributed by atoms with Gasteiger partial charge in [0, 0.05) is 12.5 Å². The van der Waals surface area contributed by atoms with Gasteiger partial charge in [0.1, 0.15) is 5.52 Å². The summed E-state index contributed by atoms with van der Waals surface area (Å²) in [6.45, 7) is 2.95. The first-order valence-corrected chi connectivity index (χ1v) is 9.66. The van der Waals surface area contributed by atoms with Gasteiger partial charge in [-0.05, 0) is 50.0 Å². The molecule has 0 unspecified atom stereocenters. The molecule has 1 aliphatic heterocycles. The van der Waals surface area contributed by atoms with Gasteiger partial charge < -0.3 is 9.73 Å². The molecule has 0 saturated carbocycles. The van der Waals surface area contributed by atoms with E-state index in [2.05, 4.69) is 27.3 Å². The number of hydrogen-bond donors (Lipinski definition) is 1. The molecule has 2 heterocycles. The second-order valence-corrected chi connectivity index (χ2v) is 7.16. The van der Waals surface area contributed by atoms with Gasteiger partial charge in [0.15, 0.2) is 11.5 Å². The van der Waals surface area contributed by atoms with E-state index in [9.17, 15) is 4.79 Å². The van der Waals surface area contributed by atoms with Crippen molar-refractivity contribution in [2.75, 3.05) is 26.2 Å². The molecule has 3 aromatic rings. The number of hydrogen-bond acceptors (Lipinski definition) is 4. The van der Waals surface area contributed by atoms with Crippen molar-refractivity contribution >= 4 is 17.0 Å². The summed E-state index contributed by atoms with van der Waals surface area (Å²) in [7, 11) is 0.